The molecule has 0 aliphatic rings. The van der Waals surface area contributed by atoms with Crippen LogP contribution in [0.25, 0.3) is 0 Å². The maximum absolute atomic E-state index is 12.3. The van der Waals surface area contributed by atoms with Gasteiger partial charge in [-0.25, -0.2) is 9.97 Å². The largest absolute Gasteiger partial charge is 0.336 e. The second kappa shape index (κ2) is 7.71. The van der Waals surface area contributed by atoms with Crippen LogP contribution < -0.4 is 5.32 Å². The molecule has 0 aliphatic carbocycles. The molecule has 0 saturated heterocycles. The van der Waals surface area contributed by atoms with Crippen LogP contribution in [0.5, 0.6) is 0 Å². The Kier molecular flexibility index (Phi) is 6.14. The second-order valence-corrected chi connectivity index (χ2v) is 8.25. The maximum Gasteiger partial charge on any atom is 0.252 e. The Balaban J connectivity index is 2.19. The molecule has 1 aromatic carbocycles. The van der Waals surface area contributed by atoms with E-state index in [4.69, 9.17) is 34.8 Å². The van der Waals surface area contributed by atoms with Crippen molar-refractivity contribution in [2.75, 3.05) is 0 Å². The number of rotatable bonds is 4. The molecule has 23 heavy (non-hydrogen) atoms. The quantitative estimate of drug-likeness (QED) is 0.366. The summed E-state index contributed by atoms with van der Waals surface area (Å²) in [5, 5.41) is 2.31. The minimum Gasteiger partial charge on any atom is -0.336 e. The van der Waals surface area contributed by atoms with Crippen LogP contribution in [0.1, 0.15) is 21.7 Å². The van der Waals surface area contributed by atoms with Gasteiger partial charge in [0.25, 0.3) is 5.91 Å². The Morgan fingerprint density at radius 3 is 2.22 bits per heavy atom. The van der Waals surface area contributed by atoms with E-state index in [1.165, 1.54) is 0 Å². The highest BCUT2D eigenvalue weighted by Gasteiger charge is 2.36. The lowest BCUT2D eigenvalue weighted by atomic mass is 10.2. The number of alkyl halides is 3. The highest BCUT2D eigenvalue weighted by Crippen LogP contribution is 2.38. The predicted octanol–water partition coefficient (Wildman–Crippen LogP) is 4.31. The number of aromatic nitrogens is 2. The zero-order valence-electron chi connectivity index (χ0n) is 12.4. The van der Waals surface area contributed by atoms with E-state index in [1.807, 2.05) is 26.0 Å². The molecule has 1 atom stereocenters. The van der Waals surface area contributed by atoms with Crippen LogP contribution in [0.4, 0.5) is 0 Å². The lowest BCUT2D eigenvalue weighted by molar-refractivity contribution is 0.0950. The number of hydrogen-bond donors (Lipinski definition) is 1. The first kappa shape index (κ1) is 18.3. The van der Waals surface area contributed by atoms with Crippen LogP contribution in [0, 0.1) is 13.8 Å². The zero-order valence-corrected chi connectivity index (χ0v) is 15.5. The summed E-state index contributed by atoms with van der Waals surface area (Å²) in [6, 6.07) is 10.6. The van der Waals surface area contributed by atoms with Crippen molar-refractivity contribution in [1.29, 1.82) is 0 Å². The number of halogens is 3. The third-order valence-electron chi connectivity index (χ3n) is 2.78. The molecule has 1 aromatic heterocycles. The van der Waals surface area contributed by atoms with Crippen molar-refractivity contribution in [1.82, 2.24) is 15.3 Å². The van der Waals surface area contributed by atoms with Gasteiger partial charge in [0.05, 0.1) is 0 Å². The molecule has 0 spiro atoms. The summed E-state index contributed by atoms with van der Waals surface area (Å²) in [6.45, 7) is 3.71. The van der Waals surface area contributed by atoms with Crippen molar-refractivity contribution in [2.45, 2.75) is 28.2 Å². The lowest BCUT2D eigenvalue weighted by Crippen LogP contribution is -2.41. The van der Waals surface area contributed by atoms with Crippen LogP contribution in [-0.2, 0) is 0 Å². The van der Waals surface area contributed by atoms with Crippen LogP contribution in [0.3, 0.4) is 0 Å². The summed E-state index contributed by atoms with van der Waals surface area (Å²) in [5.74, 6) is -0.334. The molecule has 1 amide bonds. The summed E-state index contributed by atoms with van der Waals surface area (Å²) < 4.78 is -1.71. The molecule has 0 bridgehead atoms. The van der Waals surface area contributed by atoms with Gasteiger partial charge in [0, 0.05) is 17.0 Å². The standard InChI is InChI=1S/C15H14Cl3N3OS/c1-9-8-10(2)20-14(19-9)23-13(15(16,17)18)21-12(22)11-6-4-3-5-7-11/h3-8,13H,1-2H3,(H,21,22)/t13-/m1/s1. The molecular formula is C15H14Cl3N3OS. The number of aryl methyl sites for hydroxylation is 2. The van der Waals surface area contributed by atoms with Gasteiger partial charge in [-0.15, -0.1) is 0 Å². The number of benzene rings is 1. The van der Waals surface area contributed by atoms with E-state index in [9.17, 15) is 4.79 Å². The fourth-order valence-electron chi connectivity index (χ4n) is 1.82. The molecule has 0 fully saturated rings. The smallest absolute Gasteiger partial charge is 0.252 e. The molecular weight excluding hydrogens is 377 g/mol. The van der Waals surface area contributed by atoms with Gasteiger partial charge in [0.1, 0.15) is 5.37 Å². The van der Waals surface area contributed by atoms with Gasteiger partial charge in [-0.2, -0.15) is 0 Å². The molecule has 1 N–H and O–H groups in total. The van der Waals surface area contributed by atoms with Crippen molar-refractivity contribution in [3.63, 3.8) is 0 Å². The number of carbonyl (C=O) groups is 1. The highest BCUT2D eigenvalue weighted by molar-refractivity contribution is 8.00. The summed E-state index contributed by atoms with van der Waals surface area (Å²) in [5.41, 5.74) is 2.09. The third-order valence-corrected chi connectivity index (χ3v) is 4.92. The molecule has 0 aliphatic heterocycles. The molecule has 0 unspecified atom stereocenters. The number of carbonyl (C=O) groups excluding carboxylic acids is 1. The Morgan fingerprint density at radius 1 is 1.13 bits per heavy atom. The second-order valence-electron chi connectivity index (χ2n) is 4.81. The summed E-state index contributed by atoms with van der Waals surface area (Å²) in [6.07, 6.45) is 0. The van der Waals surface area contributed by atoms with Gasteiger partial charge in [-0.1, -0.05) is 64.8 Å². The van der Waals surface area contributed by atoms with Crippen LogP contribution in [0.15, 0.2) is 41.6 Å². The van der Waals surface area contributed by atoms with Crippen molar-refractivity contribution < 1.29 is 4.79 Å². The zero-order chi connectivity index (χ0) is 17.0. The number of nitrogens with zero attached hydrogens (tertiary/aromatic N) is 2. The fourth-order valence-corrected chi connectivity index (χ4v) is 3.29. The van der Waals surface area contributed by atoms with Crippen molar-refractivity contribution >= 4 is 52.5 Å². The van der Waals surface area contributed by atoms with Crippen LogP contribution >= 0.6 is 46.6 Å². The van der Waals surface area contributed by atoms with E-state index in [2.05, 4.69) is 15.3 Å². The predicted molar refractivity (Wildman–Crippen MR) is 95.3 cm³/mol. The van der Waals surface area contributed by atoms with Crippen molar-refractivity contribution in [2.24, 2.45) is 0 Å². The van der Waals surface area contributed by atoms with E-state index in [0.717, 1.165) is 23.1 Å². The lowest BCUT2D eigenvalue weighted by Gasteiger charge is -2.24. The number of nitrogens with one attached hydrogen (secondary N) is 1. The Bertz CT molecular complexity index is 672. The third kappa shape index (κ3) is 5.53. The van der Waals surface area contributed by atoms with Gasteiger partial charge >= 0.3 is 0 Å². The van der Waals surface area contributed by atoms with Gasteiger partial charge in [-0.05, 0) is 32.0 Å². The van der Waals surface area contributed by atoms with E-state index in [1.54, 1.807) is 24.3 Å². The average molecular weight is 391 g/mol. The Labute approximate surface area is 153 Å². The summed E-state index contributed by atoms with van der Waals surface area (Å²) >= 11 is 19.1. The molecule has 4 nitrogen and oxygen atoms in total. The Hall–Kier alpha value is -1.01. The Morgan fingerprint density at radius 2 is 1.70 bits per heavy atom. The molecule has 122 valence electrons. The molecule has 0 saturated carbocycles. The number of hydrogen-bond acceptors (Lipinski definition) is 4. The number of thioether (sulfide) groups is 1. The van der Waals surface area contributed by atoms with Gasteiger partial charge < -0.3 is 5.32 Å². The molecule has 2 rings (SSSR count). The first-order valence-electron chi connectivity index (χ1n) is 6.67. The van der Waals surface area contributed by atoms with Crippen molar-refractivity contribution in [3.05, 3.63) is 53.3 Å². The summed E-state index contributed by atoms with van der Waals surface area (Å²) in [4.78, 5) is 20.9. The minimum absolute atomic E-state index is 0.334. The average Bonchev–Trinajstić information content (AvgIpc) is 2.45. The van der Waals surface area contributed by atoms with E-state index >= 15 is 0 Å². The van der Waals surface area contributed by atoms with E-state index < -0.39 is 9.17 Å². The first-order chi connectivity index (χ1) is 10.8. The van der Waals surface area contributed by atoms with E-state index in [0.29, 0.717) is 10.7 Å². The highest BCUT2D eigenvalue weighted by atomic mass is 35.6. The molecule has 8 heteroatoms. The van der Waals surface area contributed by atoms with Gasteiger partial charge in [0.2, 0.25) is 3.79 Å². The molecule has 0 radical (unpaired) electrons. The SMILES string of the molecule is Cc1cc(C)nc(S[C@@H](NC(=O)c2ccccc2)C(Cl)(Cl)Cl)n1. The monoisotopic (exact) mass is 389 g/mol. The molecule has 1 heterocycles. The topological polar surface area (TPSA) is 54.9 Å². The summed E-state index contributed by atoms with van der Waals surface area (Å²) in [7, 11) is 0. The first-order valence-corrected chi connectivity index (χ1v) is 8.68. The minimum atomic E-state index is -1.71. The normalized spacial score (nSPS) is 12.7. The maximum atomic E-state index is 12.3. The van der Waals surface area contributed by atoms with Crippen LogP contribution in [-0.4, -0.2) is 25.0 Å². The number of amides is 1. The van der Waals surface area contributed by atoms with Crippen molar-refractivity contribution in [3.8, 4) is 0 Å². The van der Waals surface area contributed by atoms with Gasteiger partial charge in [-0.3, -0.25) is 4.79 Å². The van der Waals surface area contributed by atoms with Crippen LogP contribution in [0.2, 0.25) is 0 Å². The fraction of sp³-hybridized carbons (Fsp3) is 0.267. The molecule has 2 aromatic rings. The van der Waals surface area contributed by atoms with E-state index in [-0.39, 0.29) is 5.91 Å². The van der Waals surface area contributed by atoms with Gasteiger partial charge in [0.15, 0.2) is 5.16 Å².